The predicted octanol–water partition coefficient (Wildman–Crippen LogP) is 3.21. The first-order valence-corrected chi connectivity index (χ1v) is 7.08. The summed E-state index contributed by atoms with van der Waals surface area (Å²) in [6.45, 7) is 6.16. The minimum absolute atomic E-state index is 0.00685. The van der Waals surface area contributed by atoms with E-state index in [1.54, 1.807) is 0 Å². The van der Waals surface area contributed by atoms with Crippen LogP contribution < -0.4 is 0 Å². The van der Waals surface area contributed by atoms with E-state index in [1.807, 2.05) is 13.8 Å². The van der Waals surface area contributed by atoms with Crippen molar-refractivity contribution >= 4 is 5.97 Å². The van der Waals surface area contributed by atoms with E-state index in [0.717, 1.165) is 25.0 Å². The van der Waals surface area contributed by atoms with Crippen molar-refractivity contribution in [2.75, 3.05) is 14.1 Å². The Morgan fingerprint density at radius 1 is 1.50 bits per heavy atom. The number of hydrogen-bond acceptors (Lipinski definition) is 3. The second kappa shape index (κ2) is 6.93. The number of rotatable bonds is 5. The van der Waals surface area contributed by atoms with E-state index >= 15 is 0 Å². The molecule has 0 aromatic rings. The molecule has 0 heterocycles. The second-order valence-corrected chi connectivity index (χ2v) is 5.52. The summed E-state index contributed by atoms with van der Waals surface area (Å²) in [7, 11) is 4.17. The quantitative estimate of drug-likeness (QED) is 0.705. The van der Waals surface area contributed by atoms with Gasteiger partial charge >= 0.3 is 5.97 Å². The first-order chi connectivity index (χ1) is 8.49. The molecule has 3 atom stereocenters. The Balaban J connectivity index is 2.69. The lowest BCUT2D eigenvalue weighted by atomic mass is 9.86. The van der Waals surface area contributed by atoms with Gasteiger partial charge in [-0.25, -0.2) is 0 Å². The Kier molecular flexibility index (Phi) is 5.86. The molecule has 3 unspecified atom stereocenters. The van der Waals surface area contributed by atoms with Crippen LogP contribution >= 0.6 is 0 Å². The molecule has 0 aromatic carbocycles. The van der Waals surface area contributed by atoms with Gasteiger partial charge in [-0.2, -0.15) is 0 Å². The molecule has 0 amide bonds. The third-order valence-electron chi connectivity index (χ3n) is 3.97. The van der Waals surface area contributed by atoms with Crippen LogP contribution in [0.4, 0.5) is 0 Å². The molecule has 1 aliphatic rings. The van der Waals surface area contributed by atoms with Crippen LogP contribution in [0.15, 0.2) is 11.8 Å². The van der Waals surface area contributed by atoms with Crippen molar-refractivity contribution in [2.24, 2.45) is 11.8 Å². The zero-order chi connectivity index (χ0) is 13.7. The third-order valence-corrected chi connectivity index (χ3v) is 3.97. The highest BCUT2D eigenvalue weighted by Crippen LogP contribution is 2.29. The highest BCUT2D eigenvalue weighted by Gasteiger charge is 2.27. The fourth-order valence-electron chi connectivity index (χ4n) is 2.41. The lowest BCUT2D eigenvalue weighted by molar-refractivity contribution is -0.144. The Hall–Kier alpha value is -0.830. The monoisotopic (exact) mass is 253 g/mol. The van der Waals surface area contributed by atoms with E-state index in [4.69, 9.17) is 4.74 Å². The lowest BCUT2D eigenvalue weighted by Crippen LogP contribution is -2.36. The standard InChI is InChI=1S/C15H27NO2/c1-6-11(3)15(17)18-13-9-8-12(7-2)14(10-13)16(4)5/h10-12,14H,6-9H2,1-5H3. The van der Waals surface area contributed by atoms with Crippen LogP contribution in [-0.4, -0.2) is 31.0 Å². The zero-order valence-corrected chi connectivity index (χ0v) is 12.4. The van der Waals surface area contributed by atoms with Gasteiger partial charge in [-0.1, -0.05) is 27.2 Å². The number of carbonyl (C=O) groups is 1. The van der Waals surface area contributed by atoms with E-state index < -0.39 is 0 Å². The lowest BCUT2D eigenvalue weighted by Gasteiger charge is -2.33. The molecule has 0 N–H and O–H groups in total. The van der Waals surface area contributed by atoms with Crippen molar-refractivity contribution in [3.05, 3.63) is 11.8 Å². The molecule has 0 saturated heterocycles. The highest BCUT2D eigenvalue weighted by molar-refractivity contribution is 5.73. The third kappa shape index (κ3) is 3.84. The van der Waals surface area contributed by atoms with Crippen molar-refractivity contribution in [3.8, 4) is 0 Å². The molecule has 0 saturated carbocycles. The molecule has 0 aromatic heterocycles. The summed E-state index contributed by atoms with van der Waals surface area (Å²) in [5.74, 6) is 1.44. The summed E-state index contributed by atoms with van der Waals surface area (Å²) in [5.41, 5.74) is 0. The smallest absolute Gasteiger partial charge is 0.313 e. The summed E-state index contributed by atoms with van der Waals surface area (Å²) in [6.07, 6.45) is 6.15. The van der Waals surface area contributed by atoms with Crippen LogP contribution in [0.2, 0.25) is 0 Å². The van der Waals surface area contributed by atoms with Gasteiger partial charge in [-0.3, -0.25) is 4.79 Å². The largest absolute Gasteiger partial charge is 0.431 e. The Labute approximate surface area is 111 Å². The van der Waals surface area contributed by atoms with Crippen molar-refractivity contribution in [2.45, 2.75) is 52.5 Å². The molecule has 18 heavy (non-hydrogen) atoms. The summed E-state index contributed by atoms with van der Waals surface area (Å²) >= 11 is 0. The van der Waals surface area contributed by atoms with E-state index in [9.17, 15) is 4.79 Å². The molecule has 3 heteroatoms. The van der Waals surface area contributed by atoms with Crippen LogP contribution in [0.1, 0.15) is 46.5 Å². The number of nitrogens with zero attached hydrogens (tertiary/aromatic N) is 1. The van der Waals surface area contributed by atoms with Crippen LogP contribution in [-0.2, 0) is 9.53 Å². The Morgan fingerprint density at radius 3 is 2.67 bits per heavy atom. The maximum absolute atomic E-state index is 11.8. The van der Waals surface area contributed by atoms with Gasteiger partial charge in [-0.15, -0.1) is 0 Å². The van der Waals surface area contributed by atoms with E-state index in [-0.39, 0.29) is 11.9 Å². The van der Waals surface area contributed by atoms with Gasteiger partial charge in [0.1, 0.15) is 5.76 Å². The molecular weight excluding hydrogens is 226 g/mol. The molecule has 1 rings (SSSR count). The van der Waals surface area contributed by atoms with E-state index in [1.165, 1.54) is 6.42 Å². The van der Waals surface area contributed by atoms with Gasteiger partial charge < -0.3 is 9.64 Å². The first-order valence-electron chi connectivity index (χ1n) is 7.08. The summed E-state index contributed by atoms with van der Waals surface area (Å²) in [5, 5.41) is 0. The normalized spacial score (nSPS) is 25.8. The van der Waals surface area contributed by atoms with Crippen molar-refractivity contribution < 1.29 is 9.53 Å². The number of hydrogen-bond donors (Lipinski definition) is 0. The number of carbonyl (C=O) groups excluding carboxylic acids is 1. The molecule has 0 radical (unpaired) electrons. The fraction of sp³-hybridized carbons (Fsp3) is 0.800. The van der Waals surface area contributed by atoms with E-state index in [2.05, 4.69) is 32.0 Å². The van der Waals surface area contributed by atoms with Gasteiger partial charge in [0.25, 0.3) is 0 Å². The summed E-state index contributed by atoms with van der Waals surface area (Å²) in [4.78, 5) is 14.0. The van der Waals surface area contributed by atoms with Gasteiger partial charge in [0.05, 0.1) is 5.92 Å². The number of allylic oxidation sites excluding steroid dienone is 1. The van der Waals surface area contributed by atoms with Crippen LogP contribution in [0.25, 0.3) is 0 Å². The topological polar surface area (TPSA) is 29.5 Å². The van der Waals surface area contributed by atoms with Gasteiger partial charge in [0, 0.05) is 12.5 Å². The molecule has 3 nitrogen and oxygen atoms in total. The van der Waals surface area contributed by atoms with E-state index in [0.29, 0.717) is 12.0 Å². The second-order valence-electron chi connectivity index (χ2n) is 5.52. The fourth-order valence-corrected chi connectivity index (χ4v) is 2.41. The van der Waals surface area contributed by atoms with Crippen molar-refractivity contribution in [3.63, 3.8) is 0 Å². The molecular formula is C15H27NO2. The molecule has 0 fully saturated rings. The summed E-state index contributed by atoms with van der Waals surface area (Å²) in [6, 6.07) is 0.392. The Bertz CT molecular complexity index is 310. The summed E-state index contributed by atoms with van der Waals surface area (Å²) < 4.78 is 5.51. The number of likely N-dealkylation sites (N-methyl/N-ethyl adjacent to an activating group) is 1. The maximum Gasteiger partial charge on any atom is 0.313 e. The minimum Gasteiger partial charge on any atom is -0.431 e. The average molecular weight is 253 g/mol. The molecule has 1 aliphatic carbocycles. The maximum atomic E-state index is 11.8. The van der Waals surface area contributed by atoms with Gasteiger partial charge in [0.2, 0.25) is 0 Å². The van der Waals surface area contributed by atoms with Crippen LogP contribution in [0.5, 0.6) is 0 Å². The van der Waals surface area contributed by atoms with Gasteiger partial charge in [-0.05, 0) is 38.9 Å². The average Bonchev–Trinajstić information content (AvgIpc) is 2.37. The Morgan fingerprint density at radius 2 is 2.17 bits per heavy atom. The van der Waals surface area contributed by atoms with Crippen LogP contribution in [0.3, 0.4) is 0 Å². The number of ether oxygens (including phenoxy) is 1. The predicted molar refractivity (Wildman–Crippen MR) is 74.1 cm³/mol. The molecule has 0 aliphatic heterocycles. The molecule has 0 bridgehead atoms. The first kappa shape index (κ1) is 15.2. The molecule has 0 spiro atoms. The van der Waals surface area contributed by atoms with Crippen LogP contribution in [0, 0.1) is 11.8 Å². The van der Waals surface area contributed by atoms with Gasteiger partial charge in [0.15, 0.2) is 0 Å². The highest BCUT2D eigenvalue weighted by atomic mass is 16.5. The molecule has 104 valence electrons. The SMILES string of the molecule is CCC(C)C(=O)OC1=CC(N(C)C)C(CC)CC1. The van der Waals surface area contributed by atoms with Crippen molar-refractivity contribution in [1.29, 1.82) is 0 Å². The number of esters is 1. The zero-order valence-electron chi connectivity index (χ0n) is 12.4. The van der Waals surface area contributed by atoms with Crippen molar-refractivity contribution in [1.82, 2.24) is 4.90 Å². The minimum atomic E-state index is -0.0868.